The van der Waals surface area contributed by atoms with Crippen LogP contribution in [0.25, 0.3) is 0 Å². The summed E-state index contributed by atoms with van der Waals surface area (Å²) in [5.41, 5.74) is 0.694. The highest BCUT2D eigenvalue weighted by molar-refractivity contribution is 7.89. The minimum absolute atomic E-state index is 0.0958. The van der Waals surface area contributed by atoms with Crippen molar-refractivity contribution in [1.29, 1.82) is 0 Å². The second-order valence-corrected chi connectivity index (χ2v) is 5.93. The van der Waals surface area contributed by atoms with E-state index in [1.807, 2.05) is 6.07 Å². The summed E-state index contributed by atoms with van der Waals surface area (Å²) in [6, 6.07) is 5.39. The number of rotatable bonds is 4. The molecule has 0 unspecified atom stereocenters. The van der Waals surface area contributed by atoms with Gasteiger partial charge in [0.2, 0.25) is 0 Å². The lowest BCUT2D eigenvalue weighted by Crippen LogP contribution is -2.27. The van der Waals surface area contributed by atoms with Gasteiger partial charge in [0.1, 0.15) is 5.82 Å². The summed E-state index contributed by atoms with van der Waals surface area (Å²) in [5.74, 6) is 0.569. The Labute approximate surface area is 106 Å². The first kappa shape index (κ1) is 12.7. The first-order chi connectivity index (χ1) is 8.50. The average molecular weight is 266 g/mol. The third-order valence-electron chi connectivity index (χ3n) is 2.48. The van der Waals surface area contributed by atoms with Crippen molar-refractivity contribution in [3.8, 4) is 0 Å². The maximum absolute atomic E-state index is 12.2. The molecule has 0 amide bonds. The minimum atomic E-state index is -3.54. The van der Waals surface area contributed by atoms with Crippen molar-refractivity contribution in [3.05, 3.63) is 42.1 Å². The highest BCUT2D eigenvalue weighted by Crippen LogP contribution is 2.13. The van der Waals surface area contributed by atoms with Gasteiger partial charge in [-0.25, -0.2) is 13.4 Å². The lowest BCUT2D eigenvalue weighted by atomic mass is 10.3. The molecule has 96 valence electrons. The summed E-state index contributed by atoms with van der Waals surface area (Å²) in [4.78, 5) is 10.7. The molecule has 7 heteroatoms. The summed E-state index contributed by atoms with van der Waals surface area (Å²) < 4.78 is 25.6. The van der Waals surface area contributed by atoms with Gasteiger partial charge in [-0.2, -0.15) is 4.31 Å². The van der Waals surface area contributed by atoms with Gasteiger partial charge in [0.15, 0.2) is 5.03 Å². The monoisotopic (exact) mass is 266 g/mol. The van der Waals surface area contributed by atoms with Gasteiger partial charge in [0.25, 0.3) is 10.0 Å². The van der Waals surface area contributed by atoms with Gasteiger partial charge >= 0.3 is 0 Å². The molecule has 2 aromatic heterocycles. The molecule has 0 aliphatic rings. The maximum atomic E-state index is 12.2. The van der Waals surface area contributed by atoms with E-state index >= 15 is 0 Å². The number of aryl methyl sites for hydroxylation is 1. The molecule has 0 saturated heterocycles. The third-order valence-corrected chi connectivity index (χ3v) is 4.19. The Morgan fingerprint density at radius 1 is 1.33 bits per heavy atom. The number of hydrogen-bond donors (Lipinski definition) is 1. The Balaban J connectivity index is 2.21. The average Bonchev–Trinajstić information content (AvgIpc) is 2.78. The molecule has 0 aliphatic carbocycles. The zero-order valence-electron chi connectivity index (χ0n) is 10.2. The van der Waals surface area contributed by atoms with E-state index in [1.165, 1.54) is 17.5 Å². The van der Waals surface area contributed by atoms with Gasteiger partial charge in [0, 0.05) is 13.2 Å². The number of aromatic nitrogens is 3. The Morgan fingerprint density at radius 3 is 2.67 bits per heavy atom. The largest absolute Gasteiger partial charge is 0.332 e. The zero-order chi connectivity index (χ0) is 13.2. The second kappa shape index (κ2) is 4.87. The topological polar surface area (TPSA) is 79.0 Å². The molecule has 0 spiro atoms. The molecule has 0 atom stereocenters. The molecule has 18 heavy (non-hydrogen) atoms. The van der Waals surface area contributed by atoms with Crippen LogP contribution in [0.1, 0.15) is 11.5 Å². The van der Waals surface area contributed by atoms with Crippen molar-refractivity contribution in [2.24, 2.45) is 0 Å². The van der Waals surface area contributed by atoms with Crippen molar-refractivity contribution in [2.75, 3.05) is 7.05 Å². The van der Waals surface area contributed by atoms with Crippen LogP contribution in [0.5, 0.6) is 0 Å². The number of aromatic amines is 1. The van der Waals surface area contributed by atoms with E-state index in [1.54, 1.807) is 25.3 Å². The molecular weight excluding hydrogens is 252 g/mol. The van der Waals surface area contributed by atoms with Crippen LogP contribution >= 0.6 is 0 Å². The molecular formula is C11H14N4O2S. The highest BCUT2D eigenvalue weighted by atomic mass is 32.2. The molecule has 0 saturated carbocycles. The Morgan fingerprint density at radius 2 is 2.11 bits per heavy atom. The van der Waals surface area contributed by atoms with E-state index < -0.39 is 10.0 Å². The SMILES string of the molecule is Cc1ncc(S(=O)(=O)N(C)Cc2ccccn2)[nH]1. The molecule has 2 aromatic rings. The van der Waals surface area contributed by atoms with Gasteiger partial charge in [-0.15, -0.1) is 0 Å². The smallest absolute Gasteiger partial charge is 0.260 e. The number of H-pyrrole nitrogens is 1. The van der Waals surface area contributed by atoms with E-state index in [4.69, 9.17) is 0 Å². The van der Waals surface area contributed by atoms with Crippen LogP contribution in [0, 0.1) is 6.92 Å². The molecule has 0 aromatic carbocycles. The molecule has 6 nitrogen and oxygen atoms in total. The lowest BCUT2D eigenvalue weighted by Gasteiger charge is -2.15. The first-order valence-corrected chi connectivity index (χ1v) is 6.82. The number of pyridine rings is 1. The van der Waals surface area contributed by atoms with Crippen LogP contribution in [-0.2, 0) is 16.6 Å². The second-order valence-electron chi connectivity index (χ2n) is 3.92. The van der Waals surface area contributed by atoms with Crippen molar-refractivity contribution in [1.82, 2.24) is 19.3 Å². The Kier molecular flexibility index (Phi) is 3.44. The highest BCUT2D eigenvalue weighted by Gasteiger charge is 2.23. The summed E-state index contributed by atoms with van der Waals surface area (Å²) in [5, 5.41) is 0.0958. The molecule has 0 radical (unpaired) electrons. The normalized spacial score (nSPS) is 11.9. The van der Waals surface area contributed by atoms with Crippen molar-refractivity contribution >= 4 is 10.0 Å². The summed E-state index contributed by atoms with van der Waals surface area (Å²) in [6.07, 6.45) is 2.95. The fourth-order valence-corrected chi connectivity index (χ4v) is 2.60. The van der Waals surface area contributed by atoms with Crippen LogP contribution in [0.2, 0.25) is 0 Å². The van der Waals surface area contributed by atoms with E-state index in [0.29, 0.717) is 11.5 Å². The number of nitrogens with zero attached hydrogens (tertiary/aromatic N) is 3. The molecule has 2 rings (SSSR count). The first-order valence-electron chi connectivity index (χ1n) is 5.38. The number of nitrogens with one attached hydrogen (secondary N) is 1. The van der Waals surface area contributed by atoms with Gasteiger partial charge in [-0.1, -0.05) is 6.07 Å². The van der Waals surface area contributed by atoms with E-state index in [-0.39, 0.29) is 11.6 Å². The predicted octanol–water partition coefficient (Wildman–Crippen LogP) is 0.934. The van der Waals surface area contributed by atoms with Crippen molar-refractivity contribution in [3.63, 3.8) is 0 Å². The van der Waals surface area contributed by atoms with Gasteiger partial charge in [-0.05, 0) is 19.1 Å². The lowest BCUT2D eigenvalue weighted by molar-refractivity contribution is 0.459. The van der Waals surface area contributed by atoms with Crippen molar-refractivity contribution in [2.45, 2.75) is 18.5 Å². The van der Waals surface area contributed by atoms with Crippen molar-refractivity contribution < 1.29 is 8.42 Å². The fourth-order valence-electron chi connectivity index (χ4n) is 1.50. The van der Waals surface area contributed by atoms with Crippen LogP contribution in [0.3, 0.4) is 0 Å². The van der Waals surface area contributed by atoms with Crippen LogP contribution < -0.4 is 0 Å². The van der Waals surface area contributed by atoms with Crippen LogP contribution in [0.15, 0.2) is 35.6 Å². The van der Waals surface area contributed by atoms with E-state index in [0.717, 1.165) is 0 Å². The molecule has 0 fully saturated rings. The molecule has 2 heterocycles. The standard InChI is InChI=1S/C11H14N4O2S/c1-9-13-7-11(14-9)18(16,17)15(2)8-10-5-3-4-6-12-10/h3-7H,8H2,1-2H3,(H,13,14). The molecule has 1 N–H and O–H groups in total. The van der Waals surface area contributed by atoms with Crippen LogP contribution in [-0.4, -0.2) is 34.7 Å². The molecule has 0 bridgehead atoms. The molecule has 0 aliphatic heterocycles. The van der Waals surface area contributed by atoms with Gasteiger partial charge in [0.05, 0.1) is 18.4 Å². The predicted molar refractivity (Wildman–Crippen MR) is 66.2 cm³/mol. The Bertz CT molecular complexity index is 622. The summed E-state index contributed by atoms with van der Waals surface area (Å²) >= 11 is 0. The summed E-state index contributed by atoms with van der Waals surface area (Å²) in [7, 11) is -2.03. The third kappa shape index (κ3) is 2.57. The van der Waals surface area contributed by atoms with E-state index in [9.17, 15) is 8.42 Å². The fraction of sp³-hybridized carbons (Fsp3) is 0.273. The quantitative estimate of drug-likeness (QED) is 0.893. The summed E-state index contributed by atoms with van der Waals surface area (Å²) in [6.45, 7) is 1.93. The van der Waals surface area contributed by atoms with Crippen LogP contribution in [0.4, 0.5) is 0 Å². The van der Waals surface area contributed by atoms with E-state index in [2.05, 4.69) is 15.0 Å². The van der Waals surface area contributed by atoms with Gasteiger partial charge < -0.3 is 4.98 Å². The number of imidazole rings is 1. The number of sulfonamides is 1. The zero-order valence-corrected chi connectivity index (χ0v) is 11.0. The van der Waals surface area contributed by atoms with Gasteiger partial charge in [-0.3, -0.25) is 4.98 Å². The minimum Gasteiger partial charge on any atom is -0.332 e. The maximum Gasteiger partial charge on any atom is 0.260 e. The Hall–Kier alpha value is -1.73. The number of hydrogen-bond acceptors (Lipinski definition) is 4.